The molecule has 0 radical (unpaired) electrons. The number of hydrogen-bond acceptors (Lipinski definition) is 3. The van der Waals surface area contributed by atoms with Crippen molar-refractivity contribution in [2.75, 3.05) is 40.4 Å². The molecule has 4 heteroatoms. The van der Waals surface area contributed by atoms with Gasteiger partial charge in [-0.2, -0.15) is 0 Å². The van der Waals surface area contributed by atoms with Crippen molar-refractivity contribution in [1.82, 2.24) is 10.2 Å². The first-order chi connectivity index (χ1) is 7.24. The van der Waals surface area contributed by atoms with Gasteiger partial charge >= 0.3 is 0 Å². The molecule has 1 atom stereocenters. The Bertz CT molecular complexity index is 191. The number of amides is 1. The smallest absolute Gasteiger partial charge is 0.223 e. The predicted molar refractivity (Wildman–Crippen MR) is 59.7 cm³/mol. The van der Waals surface area contributed by atoms with E-state index in [2.05, 4.69) is 5.32 Å². The molecule has 88 valence electrons. The minimum Gasteiger partial charge on any atom is -0.381 e. The lowest BCUT2D eigenvalue weighted by molar-refractivity contribution is -0.130. The number of hydrogen-bond donors (Lipinski definition) is 1. The van der Waals surface area contributed by atoms with Gasteiger partial charge in [-0.1, -0.05) is 0 Å². The van der Waals surface area contributed by atoms with Crippen LogP contribution in [0.2, 0.25) is 0 Å². The number of nitrogens with zero attached hydrogens (tertiary/aromatic N) is 1. The van der Waals surface area contributed by atoms with Crippen LogP contribution in [0.3, 0.4) is 0 Å². The van der Waals surface area contributed by atoms with E-state index in [0.717, 1.165) is 32.7 Å². The van der Waals surface area contributed by atoms with E-state index < -0.39 is 0 Å². The zero-order valence-corrected chi connectivity index (χ0v) is 9.79. The molecule has 1 N–H and O–H groups in total. The molecule has 0 bridgehead atoms. The molecule has 0 saturated carbocycles. The predicted octanol–water partition coefficient (Wildman–Crippen LogP) is 0.481. The highest BCUT2D eigenvalue weighted by Crippen LogP contribution is 2.14. The van der Waals surface area contributed by atoms with E-state index in [9.17, 15) is 4.79 Å². The Morgan fingerprint density at radius 3 is 3.00 bits per heavy atom. The quantitative estimate of drug-likeness (QED) is 0.724. The number of carbonyl (C=O) groups excluding carboxylic acids is 1. The summed E-state index contributed by atoms with van der Waals surface area (Å²) >= 11 is 0. The van der Waals surface area contributed by atoms with Crippen LogP contribution in [0, 0.1) is 5.92 Å². The summed E-state index contributed by atoms with van der Waals surface area (Å²) in [6, 6.07) is 0. The van der Waals surface area contributed by atoms with Crippen LogP contribution in [0.5, 0.6) is 0 Å². The fraction of sp³-hybridized carbons (Fsp3) is 0.909. The molecular formula is C11H22N2O2. The molecule has 1 heterocycles. The lowest BCUT2D eigenvalue weighted by Crippen LogP contribution is -2.36. The topological polar surface area (TPSA) is 41.6 Å². The molecule has 0 aromatic rings. The van der Waals surface area contributed by atoms with Crippen molar-refractivity contribution >= 4 is 5.91 Å². The van der Waals surface area contributed by atoms with Crippen molar-refractivity contribution in [2.24, 2.45) is 5.92 Å². The highest BCUT2D eigenvalue weighted by molar-refractivity contribution is 5.76. The van der Waals surface area contributed by atoms with Gasteiger partial charge in [-0.15, -0.1) is 0 Å². The largest absolute Gasteiger partial charge is 0.381 e. The Morgan fingerprint density at radius 2 is 2.40 bits per heavy atom. The summed E-state index contributed by atoms with van der Waals surface area (Å²) in [5.74, 6) is 0.747. The number of rotatable bonds is 5. The average molecular weight is 214 g/mol. The first-order valence-corrected chi connectivity index (χ1v) is 5.70. The van der Waals surface area contributed by atoms with E-state index in [0.29, 0.717) is 12.3 Å². The second-order valence-electron chi connectivity index (χ2n) is 4.21. The first-order valence-electron chi connectivity index (χ1n) is 5.70. The Hall–Kier alpha value is -0.610. The Labute approximate surface area is 92.0 Å². The molecule has 1 aliphatic rings. The van der Waals surface area contributed by atoms with Gasteiger partial charge < -0.3 is 15.0 Å². The number of carbonyl (C=O) groups is 1. The first kappa shape index (κ1) is 12.5. The molecule has 1 fully saturated rings. The standard InChI is InChI=1S/C11H22N2O2/c1-12-6-5-11(14)13(2)8-10-4-3-7-15-9-10/h10,12H,3-9H2,1-2H3. The van der Waals surface area contributed by atoms with Crippen LogP contribution in [-0.4, -0.2) is 51.2 Å². The van der Waals surface area contributed by atoms with Crippen LogP contribution in [-0.2, 0) is 9.53 Å². The van der Waals surface area contributed by atoms with Crippen molar-refractivity contribution < 1.29 is 9.53 Å². The fourth-order valence-corrected chi connectivity index (χ4v) is 1.86. The Morgan fingerprint density at radius 1 is 1.60 bits per heavy atom. The molecule has 0 aromatic carbocycles. The van der Waals surface area contributed by atoms with Crippen molar-refractivity contribution in [3.8, 4) is 0 Å². The van der Waals surface area contributed by atoms with Crippen LogP contribution < -0.4 is 5.32 Å². The third-order valence-electron chi connectivity index (χ3n) is 2.80. The van der Waals surface area contributed by atoms with Crippen LogP contribution in [0.15, 0.2) is 0 Å². The van der Waals surface area contributed by atoms with E-state index in [1.165, 1.54) is 6.42 Å². The van der Waals surface area contributed by atoms with Gasteiger partial charge in [0.05, 0.1) is 6.61 Å². The fourth-order valence-electron chi connectivity index (χ4n) is 1.86. The van der Waals surface area contributed by atoms with Gasteiger partial charge in [-0.3, -0.25) is 4.79 Å². The van der Waals surface area contributed by atoms with Gasteiger partial charge in [0, 0.05) is 33.2 Å². The van der Waals surface area contributed by atoms with Crippen molar-refractivity contribution in [3.05, 3.63) is 0 Å². The monoisotopic (exact) mass is 214 g/mol. The summed E-state index contributed by atoms with van der Waals surface area (Å²) in [7, 11) is 3.74. The molecule has 1 rings (SSSR count). The summed E-state index contributed by atoms with van der Waals surface area (Å²) in [5, 5.41) is 2.98. The van der Waals surface area contributed by atoms with Crippen molar-refractivity contribution in [1.29, 1.82) is 0 Å². The molecule has 0 aliphatic carbocycles. The van der Waals surface area contributed by atoms with Crippen LogP contribution in [0.1, 0.15) is 19.3 Å². The summed E-state index contributed by atoms with van der Waals surface area (Å²) in [4.78, 5) is 13.5. The van der Waals surface area contributed by atoms with E-state index in [4.69, 9.17) is 4.74 Å². The Balaban J connectivity index is 2.20. The molecule has 4 nitrogen and oxygen atoms in total. The zero-order chi connectivity index (χ0) is 11.1. The average Bonchev–Trinajstić information content (AvgIpc) is 2.27. The van der Waals surface area contributed by atoms with Gasteiger partial charge in [0.2, 0.25) is 5.91 Å². The van der Waals surface area contributed by atoms with Crippen LogP contribution in [0.4, 0.5) is 0 Å². The van der Waals surface area contributed by atoms with E-state index in [-0.39, 0.29) is 5.91 Å². The molecule has 1 amide bonds. The minimum absolute atomic E-state index is 0.218. The molecule has 1 aliphatic heterocycles. The summed E-state index contributed by atoms with van der Waals surface area (Å²) < 4.78 is 5.39. The summed E-state index contributed by atoms with van der Waals surface area (Å²) in [6.45, 7) is 3.28. The molecular weight excluding hydrogens is 192 g/mol. The van der Waals surface area contributed by atoms with Gasteiger partial charge in [0.25, 0.3) is 0 Å². The lowest BCUT2D eigenvalue weighted by atomic mass is 10.0. The molecule has 15 heavy (non-hydrogen) atoms. The third kappa shape index (κ3) is 4.62. The molecule has 0 spiro atoms. The van der Waals surface area contributed by atoms with Crippen molar-refractivity contribution in [2.45, 2.75) is 19.3 Å². The van der Waals surface area contributed by atoms with Gasteiger partial charge in [-0.05, 0) is 25.8 Å². The molecule has 1 unspecified atom stereocenters. The zero-order valence-electron chi connectivity index (χ0n) is 9.79. The molecule has 0 aromatic heterocycles. The maximum Gasteiger partial charge on any atom is 0.223 e. The second kappa shape index (κ2) is 6.80. The van der Waals surface area contributed by atoms with Gasteiger partial charge in [-0.25, -0.2) is 0 Å². The maximum absolute atomic E-state index is 11.6. The van der Waals surface area contributed by atoms with E-state index in [1.807, 2.05) is 19.0 Å². The van der Waals surface area contributed by atoms with Crippen molar-refractivity contribution in [3.63, 3.8) is 0 Å². The highest BCUT2D eigenvalue weighted by atomic mass is 16.5. The van der Waals surface area contributed by atoms with Crippen LogP contribution >= 0.6 is 0 Å². The number of nitrogens with one attached hydrogen (secondary N) is 1. The highest BCUT2D eigenvalue weighted by Gasteiger charge is 2.18. The summed E-state index contributed by atoms with van der Waals surface area (Å²) in [6.07, 6.45) is 2.90. The number of ether oxygens (including phenoxy) is 1. The minimum atomic E-state index is 0.218. The van der Waals surface area contributed by atoms with E-state index in [1.54, 1.807) is 0 Å². The lowest BCUT2D eigenvalue weighted by Gasteiger charge is -2.27. The summed E-state index contributed by atoms with van der Waals surface area (Å²) in [5.41, 5.74) is 0. The third-order valence-corrected chi connectivity index (χ3v) is 2.80. The normalized spacial score (nSPS) is 21.3. The van der Waals surface area contributed by atoms with Gasteiger partial charge in [0.1, 0.15) is 0 Å². The molecule has 1 saturated heterocycles. The SMILES string of the molecule is CNCCC(=O)N(C)CC1CCCOC1. The van der Waals surface area contributed by atoms with E-state index >= 15 is 0 Å². The second-order valence-corrected chi connectivity index (χ2v) is 4.21. The maximum atomic E-state index is 11.6. The Kier molecular flexibility index (Phi) is 5.65. The van der Waals surface area contributed by atoms with Gasteiger partial charge in [0.15, 0.2) is 0 Å². The van der Waals surface area contributed by atoms with Crippen LogP contribution in [0.25, 0.3) is 0 Å².